The number of benzene rings is 1. The fourth-order valence-corrected chi connectivity index (χ4v) is 3.40. The van der Waals surface area contributed by atoms with Gasteiger partial charge in [-0.2, -0.15) is 0 Å². The highest BCUT2D eigenvalue weighted by molar-refractivity contribution is 7.13. The standard InChI is InChI=1S/C19H20N4OS/c1-3-7-17-16(10-20-13-21-17)19(24)23(2)11-15-12-25-18(22-15)14-8-5-4-6-9-14/h4-6,8-10,12-13H,3,7,11H2,1-2H3. The minimum atomic E-state index is -0.0710. The fourth-order valence-electron chi connectivity index (χ4n) is 2.58. The van der Waals surface area contributed by atoms with Crippen LogP contribution >= 0.6 is 11.3 Å². The van der Waals surface area contributed by atoms with Gasteiger partial charge >= 0.3 is 0 Å². The summed E-state index contributed by atoms with van der Waals surface area (Å²) in [4.78, 5) is 27.3. The number of nitrogens with zero attached hydrogens (tertiary/aromatic N) is 4. The summed E-state index contributed by atoms with van der Waals surface area (Å²) in [5.74, 6) is -0.0710. The Labute approximate surface area is 151 Å². The van der Waals surface area contributed by atoms with Crippen molar-refractivity contribution in [3.63, 3.8) is 0 Å². The van der Waals surface area contributed by atoms with Crippen LogP contribution in [0, 0.1) is 0 Å². The van der Waals surface area contributed by atoms with Gasteiger partial charge in [0, 0.05) is 24.2 Å². The van der Waals surface area contributed by atoms with Crippen molar-refractivity contribution < 1.29 is 4.79 Å². The van der Waals surface area contributed by atoms with E-state index in [9.17, 15) is 4.79 Å². The lowest BCUT2D eigenvalue weighted by Crippen LogP contribution is -2.27. The number of thiazole rings is 1. The Kier molecular flexibility index (Phi) is 5.50. The van der Waals surface area contributed by atoms with Crippen molar-refractivity contribution in [1.82, 2.24) is 19.9 Å². The van der Waals surface area contributed by atoms with E-state index in [0.29, 0.717) is 12.1 Å². The molecule has 0 saturated carbocycles. The predicted molar refractivity (Wildman–Crippen MR) is 99.4 cm³/mol. The summed E-state index contributed by atoms with van der Waals surface area (Å²) in [6.07, 6.45) is 4.81. The second kappa shape index (κ2) is 7.98. The van der Waals surface area contributed by atoms with Gasteiger partial charge in [0.1, 0.15) is 11.3 Å². The maximum absolute atomic E-state index is 12.7. The number of hydrogen-bond acceptors (Lipinski definition) is 5. The Bertz CT molecular complexity index is 847. The molecule has 0 unspecified atom stereocenters. The van der Waals surface area contributed by atoms with Gasteiger partial charge in [0.2, 0.25) is 0 Å². The van der Waals surface area contributed by atoms with Crippen LogP contribution in [0.1, 0.15) is 35.1 Å². The van der Waals surface area contributed by atoms with Crippen LogP contribution in [0.5, 0.6) is 0 Å². The molecule has 6 heteroatoms. The lowest BCUT2D eigenvalue weighted by Gasteiger charge is -2.17. The van der Waals surface area contributed by atoms with Crippen LogP contribution in [-0.2, 0) is 13.0 Å². The van der Waals surface area contributed by atoms with Crippen LogP contribution in [0.15, 0.2) is 48.2 Å². The van der Waals surface area contributed by atoms with Gasteiger partial charge in [0.05, 0.1) is 23.5 Å². The third kappa shape index (κ3) is 4.09. The summed E-state index contributed by atoms with van der Waals surface area (Å²) in [6, 6.07) is 10.1. The first kappa shape index (κ1) is 17.2. The van der Waals surface area contributed by atoms with Crippen molar-refractivity contribution >= 4 is 17.2 Å². The number of carbonyl (C=O) groups excluding carboxylic acids is 1. The van der Waals surface area contributed by atoms with Crippen LogP contribution in [0.2, 0.25) is 0 Å². The first-order valence-corrected chi connectivity index (χ1v) is 9.11. The molecule has 0 aliphatic heterocycles. The molecular formula is C19H20N4OS. The number of hydrogen-bond donors (Lipinski definition) is 0. The first-order valence-electron chi connectivity index (χ1n) is 8.23. The summed E-state index contributed by atoms with van der Waals surface area (Å²) >= 11 is 1.59. The van der Waals surface area contributed by atoms with E-state index in [1.807, 2.05) is 35.7 Å². The molecule has 0 fully saturated rings. The summed E-state index contributed by atoms with van der Waals surface area (Å²) in [5, 5.41) is 2.96. The van der Waals surface area contributed by atoms with Crippen LogP contribution in [0.25, 0.3) is 10.6 Å². The van der Waals surface area contributed by atoms with E-state index in [1.165, 1.54) is 6.33 Å². The monoisotopic (exact) mass is 352 g/mol. The molecule has 2 heterocycles. The molecule has 2 aromatic heterocycles. The van der Waals surface area contributed by atoms with E-state index in [2.05, 4.69) is 21.9 Å². The summed E-state index contributed by atoms with van der Waals surface area (Å²) in [5.41, 5.74) is 3.35. The summed E-state index contributed by atoms with van der Waals surface area (Å²) < 4.78 is 0. The van der Waals surface area contributed by atoms with Crippen molar-refractivity contribution in [2.45, 2.75) is 26.3 Å². The van der Waals surface area contributed by atoms with Gasteiger partial charge in [-0.1, -0.05) is 43.7 Å². The first-order chi connectivity index (χ1) is 12.2. The molecule has 0 N–H and O–H groups in total. The van der Waals surface area contributed by atoms with Gasteiger partial charge in [-0.05, 0) is 6.42 Å². The third-order valence-corrected chi connectivity index (χ3v) is 4.77. The van der Waals surface area contributed by atoms with Gasteiger partial charge < -0.3 is 4.90 Å². The largest absolute Gasteiger partial charge is 0.336 e. The molecule has 0 aliphatic carbocycles. The molecule has 1 aromatic carbocycles. The van der Waals surface area contributed by atoms with E-state index >= 15 is 0 Å². The van der Waals surface area contributed by atoms with Crippen LogP contribution in [0.4, 0.5) is 0 Å². The summed E-state index contributed by atoms with van der Waals surface area (Å²) in [7, 11) is 1.78. The molecule has 3 rings (SSSR count). The smallest absolute Gasteiger partial charge is 0.257 e. The van der Waals surface area contributed by atoms with Crippen LogP contribution in [-0.4, -0.2) is 32.8 Å². The lowest BCUT2D eigenvalue weighted by molar-refractivity contribution is 0.0781. The average Bonchev–Trinajstić information content (AvgIpc) is 3.11. The molecular weight excluding hydrogens is 332 g/mol. The quantitative estimate of drug-likeness (QED) is 0.676. The molecule has 0 aliphatic rings. The second-order valence-corrected chi connectivity index (χ2v) is 6.66. The van der Waals surface area contributed by atoms with Gasteiger partial charge in [0.25, 0.3) is 5.91 Å². The van der Waals surface area contributed by atoms with Gasteiger partial charge in [-0.25, -0.2) is 15.0 Å². The topological polar surface area (TPSA) is 59.0 Å². The van der Waals surface area contributed by atoms with Gasteiger partial charge in [0.15, 0.2) is 0 Å². The van der Waals surface area contributed by atoms with Crippen LogP contribution < -0.4 is 0 Å². The minimum Gasteiger partial charge on any atom is -0.336 e. The zero-order valence-corrected chi connectivity index (χ0v) is 15.2. The molecule has 0 bridgehead atoms. The van der Waals surface area contributed by atoms with Gasteiger partial charge in [-0.15, -0.1) is 11.3 Å². The molecule has 0 atom stereocenters. The Morgan fingerprint density at radius 2 is 2.04 bits per heavy atom. The van der Waals surface area contributed by atoms with Crippen molar-refractivity contribution in [2.24, 2.45) is 0 Å². The lowest BCUT2D eigenvalue weighted by atomic mass is 10.1. The molecule has 25 heavy (non-hydrogen) atoms. The Balaban J connectivity index is 1.73. The number of aryl methyl sites for hydroxylation is 1. The molecule has 0 radical (unpaired) electrons. The predicted octanol–water partition coefficient (Wildman–Crippen LogP) is 3.82. The molecule has 128 valence electrons. The van der Waals surface area contributed by atoms with Crippen molar-refractivity contribution in [1.29, 1.82) is 0 Å². The van der Waals surface area contributed by atoms with E-state index < -0.39 is 0 Å². The maximum Gasteiger partial charge on any atom is 0.257 e. The van der Waals surface area contributed by atoms with Crippen LogP contribution in [0.3, 0.4) is 0 Å². The van der Waals surface area contributed by atoms with E-state index in [0.717, 1.165) is 34.8 Å². The van der Waals surface area contributed by atoms with Crippen molar-refractivity contribution in [3.05, 3.63) is 65.2 Å². The minimum absolute atomic E-state index is 0.0710. The van der Waals surface area contributed by atoms with Crippen molar-refractivity contribution in [3.8, 4) is 10.6 Å². The fraction of sp³-hybridized carbons (Fsp3) is 0.263. The molecule has 5 nitrogen and oxygen atoms in total. The maximum atomic E-state index is 12.7. The number of carbonyl (C=O) groups is 1. The van der Waals surface area contributed by atoms with E-state index in [-0.39, 0.29) is 5.91 Å². The number of rotatable bonds is 6. The number of aromatic nitrogens is 3. The Morgan fingerprint density at radius 3 is 2.80 bits per heavy atom. The Morgan fingerprint density at radius 1 is 1.24 bits per heavy atom. The molecule has 1 amide bonds. The highest BCUT2D eigenvalue weighted by Crippen LogP contribution is 2.24. The highest BCUT2D eigenvalue weighted by atomic mass is 32.1. The molecule has 3 aromatic rings. The van der Waals surface area contributed by atoms with Gasteiger partial charge in [-0.3, -0.25) is 4.79 Å². The van der Waals surface area contributed by atoms with E-state index in [4.69, 9.17) is 0 Å². The second-order valence-electron chi connectivity index (χ2n) is 5.80. The SMILES string of the molecule is CCCc1ncncc1C(=O)N(C)Cc1csc(-c2ccccc2)n1. The zero-order valence-electron chi connectivity index (χ0n) is 14.3. The molecule has 0 saturated heterocycles. The number of amides is 1. The van der Waals surface area contributed by atoms with E-state index in [1.54, 1.807) is 29.5 Å². The zero-order chi connectivity index (χ0) is 17.6. The normalized spacial score (nSPS) is 10.6. The average molecular weight is 352 g/mol. The summed E-state index contributed by atoms with van der Waals surface area (Å²) in [6.45, 7) is 2.53. The van der Waals surface area contributed by atoms with Crippen molar-refractivity contribution in [2.75, 3.05) is 7.05 Å². The highest BCUT2D eigenvalue weighted by Gasteiger charge is 2.18. The molecule has 0 spiro atoms. The Hall–Kier alpha value is -2.60. The third-order valence-electron chi connectivity index (χ3n) is 3.83.